The summed E-state index contributed by atoms with van der Waals surface area (Å²) >= 11 is 0. The Labute approximate surface area is 118 Å². The summed E-state index contributed by atoms with van der Waals surface area (Å²) in [6.07, 6.45) is 4.12. The highest BCUT2D eigenvalue weighted by Crippen LogP contribution is 2.37. The molecule has 1 N–H and O–H groups in total. The number of nitrogens with one attached hydrogen (secondary N) is 1. The summed E-state index contributed by atoms with van der Waals surface area (Å²) in [7, 11) is 0.962. The molecule has 2 rings (SSSR count). The predicted molar refractivity (Wildman–Crippen MR) is 80.3 cm³/mol. The zero-order chi connectivity index (χ0) is 13.8. The number of methoxy groups -OCH3 is 1. The minimum absolute atomic E-state index is 0.236. The van der Waals surface area contributed by atoms with Crippen molar-refractivity contribution in [2.45, 2.75) is 37.0 Å². The summed E-state index contributed by atoms with van der Waals surface area (Å²) in [6.45, 7) is 2.88. The molecule has 2 unspecified atom stereocenters. The Morgan fingerprint density at radius 3 is 2.53 bits per heavy atom. The van der Waals surface area contributed by atoms with Crippen molar-refractivity contribution in [2.75, 3.05) is 19.9 Å². The van der Waals surface area contributed by atoms with Crippen molar-refractivity contribution in [3.63, 3.8) is 0 Å². The van der Waals surface area contributed by atoms with E-state index < -0.39 is 10.8 Å². The number of ether oxygens (including phenoxy) is 1. The van der Waals surface area contributed by atoms with Gasteiger partial charge in [-0.1, -0.05) is 12.1 Å². The fraction of sp³-hybridized carbons (Fsp3) is 0.600. The van der Waals surface area contributed by atoms with Gasteiger partial charge in [-0.3, -0.25) is 4.21 Å². The Kier molecular flexibility index (Phi) is 4.99. The standard InChI is InChI=1S/C15H23NO2S/c1-11(19(3)17)10-16-14-8-13(9-14)12-4-6-15(18-2)7-5-12/h4-7,11,13-14,16H,8-10H2,1-3H3. The Morgan fingerprint density at radius 2 is 2.00 bits per heavy atom. The van der Waals surface area contributed by atoms with Crippen LogP contribution in [0.5, 0.6) is 5.75 Å². The summed E-state index contributed by atoms with van der Waals surface area (Å²) in [5.41, 5.74) is 1.39. The largest absolute Gasteiger partial charge is 0.497 e. The van der Waals surface area contributed by atoms with E-state index in [1.54, 1.807) is 13.4 Å². The van der Waals surface area contributed by atoms with Crippen molar-refractivity contribution in [1.82, 2.24) is 5.32 Å². The Bertz CT molecular complexity index is 426. The van der Waals surface area contributed by atoms with E-state index >= 15 is 0 Å². The van der Waals surface area contributed by atoms with Gasteiger partial charge in [-0.05, 0) is 43.4 Å². The molecule has 0 saturated heterocycles. The molecule has 1 saturated carbocycles. The number of rotatable bonds is 6. The van der Waals surface area contributed by atoms with Gasteiger partial charge in [0.05, 0.1) is 7.11 Å². The van der Waals surface area contributed by atoms with Crippen LogP contribution in [0.4, 0.5) is 0 Å². The van der Waals surface area contributed by atoms with Crippen molar-refractivity contribution >= 4 is 10.8 Å². The third kappa shape index (κ3) is 3.80. The lowest BCUT2D eigenvalue weighted by Gasteiger charge is -2.37. The van der Waals surface area contributed by atoms with Crippen molar-refractivity contribution in [1.29, 1.82) is 0 Å². The number of benzene rings is 1. The topological polar surface area (TPSA) is 38.3 Å². The quantitative estimate of drug-likeness (QED) is 0.869. The lowest BCUT2D eigenvalue weighted by molar-refractivity contribution is 0.292. The van der Waals surface area contributed by atoms with Crippen LogP contribution in [0, 0.1) is 0 Å². The molecule has 0 aliphatic heterocycles. The van der Waals surface area contributed by atoms with Gasteiger partial charge >= 0.3 is 0 Å². The van der Waals surface area contributed by atoms with Gasteiger partial charge in [0.15, 0.2) is 0 Å². The zero-order valence-corrected chi connectivity index (χ0v) is 12.7. The van der Waals surface area contributed by atoms with Crippen LogP contribution in [0.3, 0.4) is 0 Å². The molecule has 3 nitrogen and oxygen atoms in total. The van der Waals surface area contributed by atoms with E-state index in [-0.39, 0.29) is 5.25 Å². The molecule has 0 heterocycles. The van der Waals surface area contributed by atoms with E-state index in [2.05, 4.69) is 17.4 Å². The van der Waals surface area contributed by atoms with E-state index in [4.69, 9.17) is 4.74 Å². The van der Waals surface area contributed by atoms with Crippen LogP contribution in [0.2, 0.25) is 0 Å². The smallest absolute Gasteiger partial charge is 0.118 e. The highest BCUT2D eigenvalue weighted by atomic mass is 32.2. The van der Waals surface area contributed by atoms with Crippen LogP contribution < -0.4 is 10.1 Å². The van der Waals surface area contributed by atoms with Crippen LogP contribution in [0.15, 0.2) is 24.3 Å². The van der Waals surface area contributed by atoms with Crippen LogP contribution in [0.1, 0.15) is 31.2 Å². The van der Waals surface area contributed by atoms with Crippen molar-refractivity contribution < 1.29 is 8.95 Å². The van der Waals surface area contributed by atoms with Crippen LogP contribution >= 0.6 is 0 Å². The van der Waals surface area contributed by atoms with E-state index in [9.17, 15) is 4.21 Å². The molecule has 0 bridgehead atoms. The van der Waals surface area contributed by atoms with Crippen molar-refractivity contribution in [3.05, 3.63) is 29.8 Å². The second-order valence-electron chi connectivity index (χ2n) is 5.36. The molecule has 1 aliphatic carbocycles. The minimum atomic E-state index is -0.730. The van der Waals surface area contributed by atoms with E-state index in [0.717, 1.165) is 12.3 Å². The highest BCUT2D eigenvalue weighted by Gasteiger charge is 2.30. The van der Waals surface area contributed by atoms with E-state index in [1.807, 2.05) is 19.1 Å². The second-order valence-corrected chi connectivity index (χ2v) is 7.16. The highest BCUT2D eigenvalue weighted by molar-refractivity contribution is 7.84. The summed E-state index contributed by atoms with van der Waals surface area (Å²) in [5, 5.41) is 3.74. The molecule has 106 valence electrons. The summed E-state index contributed by atoms with van der Waals surface area (Å²) in [6, 6.07) is 8.95. The first kappa shape index (κ1) is 14.5. The van der Waals surface area contributed by atoms with Crippen LogP contribution in [-0.4, -0.2) is 35.4 Å². The van der Waals surface area contributed by atoms with E-state index in [0.29, 0.717) is 12.0 Å². The normalized spacial score (nSPS) is 25.4. The maximum absolute atomic E-state index is 11.3. The van der Waals surface area contributed by atoms with Gasteiger partial charge in [0.1, 0.15) is 5.75 Å². The van der Waals surface area contributed by atoms with Gasteiger partial charge in [-0.25, -0.2) is 0 Å². The summed E-state index contributed by atoms with van der Waals surface area (Å²) < 4.78 is 16.4. The van der Waals surface area contributed by atoms with Gasteiger partial charge < -0.3 is 10.1 Å². The fourth-order valence-corrected chi connectivity index (χ4v) is 2.71. The van der Waals surface area contributed by atoms with Gasteiger partial charge in [0.2, 0.25) is 0 Å². The monoisotopic (exact) mass is 281 g/mol. The van der Waals surface area contributed by atoms with Gasteiger partial charge in [-0.15, -0.1) is 0 Å². The molecule has 1 aromatic rings. The lowest BCUT2D eigenvalue weighted by atomic mass is 9.76. The number of hydrogen-bond acceptors (Lipinski definition) is 3. The maximum Gasteiger partial charge on any atom is 0.118 e. The SMILES string of the molecule is COc1ccc(C2CC(NCC(C)S(C)=O)C2)cc1. The Hall–Kier alpha value is -0.870. The molecule has 1 aliphatic rings. The molecule has 0 spiro atoms. The molecule has 1 aromatic carbocycles. The molecule has 0 aromatic heterocycles. The second kappa shape index (κ2) is 6.53. The van der Waals surface area contributed by atoms with Crippen molar-refractivity contribution in [2.24, 2.45) is 0 Å². The third-order valence-corrected chi connectivity index (χ3v) is 5.29. The molecular weight excluding hydrogens is 258 g/mol. The first-order chi connectivity index (χ1) is 9.10. The first-order valence-electron chi connectivity index (χ1n) is 6.79. The summed E-state index contributed by atoms with van der Waals surface area (Å²) in [5.74, 6) is 1.57. The Morgan fingerprint density at radius 1 is 1.37 bits per heavy atom. The number of hydrogen-bond donors (Lipinski definition) is 1. The third-order valence-electron chi connectivity index (χ3n) is 3.99. The lowest BCUT2D eigenvalue weighted by Crippen LogP contribution is -2.43. The molecular formula is C15H23NO2S. The molecule has 0 radical (unpaired) electrons. The van der Waals surface area contributed by atoms with E-state index in [1.165, 1.54) is 18.4 Å². The van der Waals surface area contributed by atoms with Crippen molar-refractivity contribution in [3.8, 4) is 5.75 Å². The molecule has 1 fully saturated rings. The zero-order valence-electron chi connectivity index (χ0n) is 11.9. The minimum Gasteiger partial charge on any atom is -0.497 e. The molecule has 19 heavy (non-hydrogen) atoms. The maximum atomic E-state index is 11.3. The average Bonchev–Trinajstić information content (AvgIpc) is 2.37. The van der Waals surface area contributed by atoms with Gasteiger partial charge in [0, 0.05) is 34.9 Å². The van der Waals surface area contributed by atoms with Gasteiger partial charge in [0.25, 0.3) is 0 Å². The predicted octanol–water partition coefficient (Wildman–Crippen LogP) is 2.30. The molecule has 2 atom stereocenters. The Balaban J connectivity index is 1.74. The van der Waals surface area contributed by atoms with Crippen LogP contribution in [0.25, 0.3) is 0 Å². The average molecular weight is 281 g/mol. The van der Waals surface area contributed by atoms with Gasteiger partial charge in [-0.2, -0.15) is 0 Å². The fourth-order valence-electron chi connectivity index (χ4n) is 2.38. The molecule has 0 amide bonds. The van der Waals surface area contributed by atoms with Crippen LogP contribution in [-0.2, 0) is 10.8 Å². The summed E-state index contributed by atoms with van der Waals surface area (Å²) in [4.78, 5) is 0. The molecule has 4 heteroatoms. The first-order valence-corrected chi connectivity index (χ1v) is 8.42.